The number of fused-ring (bicyclic) bond motifs is 1. The first-order valence-electron chi connectivity index (χ1n) is 6.86. The fourth-order valence-electron chi connectivity index (χ4n) is 2.77. The van der Waals surface area contributed by atoms with Crippen molar-refractivity contribution in [3.8, 4) is 17.2 Å². The van der Waals surface area contributed by atoms with E-state index in [-0.39, 0.29) is 31.8 Å². The molecule has 7 heteroatoms. The molecule has 2 aliphatic rings. The van der Waals surface area contributed by atoms with Crippen molar-refractivity contribution in [3.05, 3.63) is 17.7 Å². The lowest BCUT2D eigenvalue weighted by Gasteiger charge is -2.34. The van der Waals surface area contributed by atoms with E-state index in [9.17, 15) is 5.11 Å². The highest BCUT2D eigenvalue weighted by atomic mass is 35.5. The van der Waals surface area contributed by atoms with Gasteiger partial charge in [0.05, 0.1) is 19.8 Å². The van der Waals surface area contributed by atoms with Gasteiger partial charge in [0.2, 0.25) is 12.5 Å². The molecular formula is C14H21ClN2O4. The monoisotopic (exact) mass is 316 g/mol. The van der Waals surface area contributed by atoms with Gasteiger partial charge in [0.25, 0.3) is 0 Å². The van der Waals surface area contributed by atoms with Crippen LogP contribution in [0.2, 0.25) is 0 Å². The first-order chi connectivity index (χ1) is 9.83. The van der Waals surface area contributed by atoms with Crippen LogP contribution in [0.25, 0.3) is 0 Å². The molecule has 1 saturated heterocycles. The summed E-state index contributed by atoms with van der Waals surface area (Å²) in [7, 11) is 1.61. The Morgan fingerprint density at radius 1 is 1.33 bits per heavy atom. The Labute approximate surface area is 130 Å². The minimum Gasteiger partial charge on any atom is -0.493 e. The Morgan fingerprint density at radius 2 is 2.10 bits per heavy atom. The number of rotatable bonds is 4. The standard InChI is InChI=1S/C14H20N2O4.ClH/c1-18-12-6-10(7-13-14(12)20-9-19-13)11(8-17)16-4-2-15-3-5-16;/h6-7,11,15,17H,2-5,8-9H2,1H3;1H/t11-;/m0./s1. The second kappa shape index (κ2) is 7.17. The Morgan fingerprint density at radius 3 is 2.76 bits per heavy atom. The number of ether oxygens (including phenoxy) is 3. The minimum atomic E-state index is -0.0412. The Bertz CT molecular complexity index is 480. The zero-order valence-corrected chi connectivity index (χ0v) is 12.8. The van der Waals surface area contributed by atoms with Crippen LogP contribution in [0, 0.1) is 0 Å². The van der Waals surface area contributed by atoms with Gasteiger partial charge < -0.3 is 24.6 Å². The lowest BCUT2D eigenvalue weighted by atomic mass is 10.0. The van der Waals surface area contributed by atoms with E-state index >= 15 is 0 Å². The van der Waals surface area contributed by atoms with Crippen molar-refractivity contribution in [1.29, 1.82) is 0 Å². The largest absolute Gasteiger partial charge is 0.493 e. The van der Waals surface area contributed by atoms with E-state index < -0.39 is 0 Å². The van der Waals surface area contributed by atoms with Gasteiger partial charge in [-0.1, -0.05) is 0 Å². The van der Waals surface area contributed by atoms with Gasteiger partial charge in [-0.3, -0.25) is 4.90 Å². The predicted molar refractivity (Wildman–Crippen MR) is 80.6 cm³/mol. The van der Waals surface area contributed by atoms with Crippen molar-refractivity contribution in [2.75, 3.05) is 46.7 Å². The van der Waals surface area contributed by atoms with Gasteiger partial charge in [-0.2, -0.15) is 0 Å². The van der Waals surface area contributed by atoms with Crippen LogP contribution in [0.5, 0.6) is 17.2 Å². The Kier molecular flexibility index (Phi) is 5.52. The topological polar surface area (TPSA) is 63.2 Å². The molecule has 0 bridgehead atoms. The Balaban J connectivity index is 0.00000161. The van der Waals surface area contributed by atoms with E-state index in [2.05, 4.69) is 10.2 Å². The lowest BCUT2D eigenvalue weighted by Crippen LogP contribution is -2.46. The van der Waals surface area contributed by atoms with Crippen molar-refractivity contribution in [3.63, 3.8) is 0 Å². The molecule has 1 aromatic carbocycles. The average Bonchev–Trinajstić information content (AvgIpc) is 2.97. The van der Waals surface area contributed by atoms with Crippen LogP contribution in [0.4, 0.5) is 0 Å². The van der Waals surface area contributed by atoms with Crippen LogP contribution in [0.1, 0.15) is 11.6 Å². The molecule has 0 amide bonds. The molecule has 0 spiro atoms. The number of halogens is 1. The van der Waals surface area contributed by atoms with Crippen molar-refractivity contribution in [2.24, 2.45) is 0 Å². The quantitative estimate of drug-likeness (QED) is 0.856. The van der Waals surface area contributed by atoms with E-state index in [4.69, 9.17) is 14.2 Å². The van der Waals surface area contributed by atoms with E-state index in [0.717, 1.165) is 31.7 Å². The van der Waals surface area contributed by atoms with Crippen LogP contribution in [0.3, 0.4) is 0 Å². The molecule has 21 heavy (non-hydrogen) atoms. The third-order valence-corrected chi connectivity index (χ3v) is 3.83. The summed E-state index contributed by atoms with van der Waals surface area (Å²) in [6.07, 6.45) is 0. The Hall–Kier alpha value is -1.21. The molecule has 2 heterocycles. The van der Waals surface area contributed by atoms with Crippen LogP contribution < -0.4 is 19.5 Å². The second-order valence-electron chi connectivity index (χ2n) is 4.94. The first-order valence-corrected chi connectivity index (χ1v) is 6.86. The number of aliphatic hydroxyl groups is 1. The number of hydrogen-bond acceptors (Lipinski definition) is 6. The van der Waals surface area contributed by atoms with Crippen LogP contribution in [-0.2, 0) is 0 Å². The molecule has 0 aliphatic carbocycles. The molecule has 0 unspecified atom stereocenters. The summed E-state index contributed by atoms with van der Waals surface area (Å²) < 4.78 is 16.2. The molecule has 0 aromatic heterocycles. The highest BCUT2D eigenvalue weighted by molar-refractivity contribution is 5.85. The zero-order chi connectivity index (χ0) is 13.9. The molecular weight excluding hydrogens is 296 g/mol. The summed E-state index contributed by atoms with van der Waals surface area (Å²) in [5, 5.41) is 13.1. The normalized spacial score (nSPS) is 19.0. The third kappa shape index (κ3) is 3.18. The molecule has 118 valence electrons. The van der Waals surface area contributed by atoms with Crippen molar-refractivity contribution >= 4 is 12.4 Å². The zero-order valence-electron chi connectivity index (χ0n) is 12.0. The molecule has 0 radical (unpaired) electrons. The summed E-state index contributed by atoms with van der Waals surface area (Å²) >= 11 is 0. The van der Waals surface area contributed by atoms with Crippen molar-refractivity contribution in [2.45, 2.75) is 6.04 Å². The number of nitrogens with one attached hydrogen (secondary N) is 1. The molecule has 1 atom stereocenters. The molecule has 3 rings (SSSR count). The summed E-state index contributed by atoms with van der Waals surface area (Å²) in [6.45, 7) is 4.01. The SMILES string of the molecule is COc1cc([C@H](CO)N2CCNCC2)cc2c1OCO2.Cl. The number of methoxy groups -OCH3 is 1. The van der Waals surface area contributed by atoms with Gasteiger partial charge >= 0.3 is 0 Å². The van der Waals surface area contributed by atoms with E-state index in [1.807, 2.05) is 12.1 Å². The highest BCUT2D eigenvalue weighted by Gasteiger charge is 2.26. The highest BCUT2D eigenvalue weighted by Crippen LogP contribution is 2.43. The summed E-state index contributed by atoms with van der Waals surface area (Å²) in [6, 6.07) is 3.82. The maximum atomic E-state index is 9.77. The number of nitrogens with zero attached hydrogens (tertiary/aromatic N) is 1. The van der Waals surface area contributed by atoms with Crippen molar-refractivity contribution in [1.82, 2.24) is 10.2 Å². The van der Waals surface area contributed by atoms with Crippen LogP contribution >= 0.6 is 12.4 Å². The van der Waals surface area contributed by atoms with Gasteiger partial charge in [0.15, 0.2) is 11.5 Å². The second-order valence-corrected chi connectivity index (χ2v) is 4.94. The predicted octanol–water partition coefficient (Wildman–Crippen LogP) is 0.784. The molecule has 1 fully saturated rings. The molecule has 6 nitrogen and oxygen atoms in total. The maximum Gasteiger partial charge on any atom is 0.231 e. The lowest BCUT2D eigenvalue weighted by molar-refractivity contribution is 0.110. The molecule has 1 aromatic rings. The fraction of sp³-hybridized carbons (Fsp3) is 0.571. The minimum absolute atomic E-state index is 0. The van der Waals surface area contributed by atoms with E-state index in [0.29, 0.717) is 17.2 Å². The number of hydrogen-bond donors (Lipinski definition) is 2. The number of benzene rings is 1. The third-order valence-electron chi connectivity index (χ3n) is 3.83. The van der Waals surface area contributed by atoms with Crippen LogP contribution in [0.15, 0.2) is 12.1 Å². The fourth-order valence-corrected chi connectivity index (χ4v) is 2.77. The van der Waals surface area contributed by atoms with Gasteiger partial charge in [-0.05, 0) is 17.7 Å². The van der Waals surface area contributed by atoms with E-state index in [1.54, 1.807) is 7.11 Å². The summed E-state index contributed by atoms with van der Waals surface area (Å²) in [5.74, 6) is 1.99. The van der Waals surface area contributed by atoms with Crippen molar-refractivity contribution < 1.29 is 19.3 Å². The van der Waals surface area contributed by atoms with E-state index in [1.165, 1.54) is 0 Å². The summed E-state index contributed by atoms with van der Waals surface area (Å²) in [4.78, 5) is 2.27. The molecule has 2 aliphatic heterocycles. The summed E-state index contributed by atoms with van der Waals surface area (Å²) in [5.41, 5.74) is 0.996. The molecule has 2 N–H and O–H groups in total. The van der Waals surface area contributed by atoms with Gasteiger partial charge in [-0.25, -0.2) is 0 Å². The number of piperazine rings is 1. The average molecular weight is 317 g/mol. The van der Waals surface area contributed by atoms with Gasteiger partial charge in [0, 0.05) is 26.2 Å². The molecule has 0 saturated carbocycles. The maximum absolute atomic E-state index is 9.77. The van der Waals surface area contributed by atoms with Gasteiger partial charge in [0.1, 0.15) is 0 Å². The smallest absolute Gasteiger partial charge is 0.231 e. The first kappa shape index (κ1) is 16.2. The van der Waals surface area contributed by atoms with Gasteiger partial charge in [-0.15, -0.1) is 12.4 Å². The van der Waals surface area contributed by atoms with Crippen LogP contribution in [-0.4, -0.2) is 56.7 Å². The number of aliphatic hydroxyl groups excluding tert-OH is 1.